The summed E-state index contributed by atoms with van der Waals surface area (Å²) in [6.07, 6.45) is 2.58. The smallest absolute Gasteiger partial charge is 0.545 e. The van der Waals surface area contributed by atoms with Gasteiger partial charge in [-0.25, -0.2) is 9.97 Å². The molecule has 8 nitrogen and oxygen atoms in total. The van der Waals surface area contributed by atoms with Gasteiger partial charge in [-0.3, -0.25) is 4.90 Å². The van der Waals surface area contributed by atoms with E-state index in [2.05, 4.69) is 32.8 Å². The van der Waals surface area contributed by atoms with Gasteiger partial charge in [-0.05, 0) is 24.6 Å². The Morgan fingerprint density at radius 2 is 1.78 bits per heavy atom. The number of hydrogen-bond donors (Lipinski definition) is 0. The molecule has 0 spiro atoms. The maximum atomic E-state index is 10.8. The molecule has 0 unspecified atom stereocenters. The zero-order valence-electron chi connectivity index (χ0n) is 15.4. The maximum absolute atomic E-state index is 10.8. The summed E-state index contributed by atoms with van der Waals surface area (Å²) in [6.45, 7) is 5.74. The number of benzene rings is 1. The van der Waals surface area contributed by atoms with Crippen LogP contribution < -0.4 is 38.3 Å². The number of rotatable bonds is 4. The molecule has 1 saturated heterocycles. The van der Waals surface area contributed by atoms with Gasteiger partial charge in [0.25, 0.3) is 0 Å². The topological polar surface area (TPSA) is 90.9 Å². The Labute approximate surface area is 169 Å². The minimum Gasteiger partial charge on any atom is -0.545 e. The first-order valence-electron chi connectivity index (χ1n) is 8.54. The first-order chi connectivity index (χ1) is 12.6. The van der Waals surface area contributed by atoms with Crippen LogP contribution in [-0.4, -0.2) is 53.8 Å². The fourth-order valence-corrected chi connectivity index (χ4v) is 3.28. The van der Waals surface area contributed by atoms with Crippen molar-refractivity contribution in [1.82, 2.24) is 14.9 Å². The molecule has 0 saturated carbocycles. The zero-order valence-corrected chi connectivity index (χ0v) is 15.4. The van der Waals surface area contributed by atoms with Gasteiger partial charge >= 0.3 is 18.9 Å². The standard InChI is InChI=1S/C18H20N4O4.Li/c1-12(13-2-3-15-16(8-13)26-11-25-15)21-4-6-22(7-5-21)18-19-9-14(10-20-18)17(23)24;/h2-3,8-10,12H,4-7,11H2,1H3,(H,23,24);/q;+1/p-1/t12-;/m0./s1. The molecule has 136 valence electrons. The molecule has 1 aromatic carbocycles. The van der Waals surface area contributed by atoms with Crippen LogP contribution in [0.3, 0.4) is 0 Å². The summed E-state index contributed by atoms with van der Waals surface area (Å²) < 4.78 is 10.8. The molecule has 1 aromatic heterocycles. The van der Waals surface area contributed by atoms with Crippen molar-refractivity contribution in [1.29, 1.82) is 0 Å². The molecule has 0 radical (unpaired) electrons. The molecular formula is C18H19LiN4O4. The second-order valence-electron chi connectivity index (χ2n) is 6.37. The van der Waals surface area contributed by atoms with Crippen molar-refractivity contribution < 1.29 is 38.2 Å². The van der Waals surface area contributed by atoms with Crippen LogP contribution in [0.25, 0.3) is 0 Å². The van der Waals surface area contributed by atoms with E-state index in [1.165, 1.54) is 18.0 Å². The summed E-state index contributed by atoms with van der Waals surface area (Å²) in [5.74, 6) is 0.877. The van der Waals surface area contributed by atoms with Crippen molar-refractivity contribution in [3.8, 4) is 11.5 Å². The largest absolute Gasteiger partial charge is 1.00 e. The van der Waals surface area contributed by atoms with Gasteiger partial charge in [-0.15, -0.1) is 0 Å². The van der Waals surface area contributed by atoms with E-state index in [-0.39, 0.29) is 37.3 Å². The number of nitrogens with zero attached hydrogens (tertiary/aromatic N) is 4. The predicted molar refractivity (Wildman–Crippen MR) is 91.1 cm³/mol. The van der Waals surface area contributed by atoms with E-state index in [4.69, 9.17) is 9.47 Å². The van der Waals surface area contributed by atoms with E-state index >= 15 is 0 Å². The van der Waals surface area contributed by atoms with Crippen molar-refractivity contribution in [2.24, 2.45) is 0 Å². The van der Waals surface area contributed by atoms with Gasteiger partial charge in [0.05, 0.1) is 5.97 Å². The Balaban J connectivity index is 0.00000210. The average molecular weight is 362 g/mol. The first kappa shape index (κ1) is 19.5. The number of carbonyl (C=O) groups is 1. The summed E-state index contributed by atoms with van der Waals surface area (Å²) in [5, 5.41) is 10.8. The molecule has 1 fully saturated rings. The Kier molecular flexibility index (Phi) is 5.90. The molecule has 0 amide bonds. The summed E-state index contributed by atoms with van der Waals surface area (Å²) in [5.41, 5.74) is 1.18. The summed E-state index contributed by atoms with van der Waals surface area (Å²) in [7, 11) is 0. The van der Waals surface area contributed by atoms with Crippen LogP contribution in [0.2, 0.25) is 0 Å². The minimum absolute atomic E-state index is 0. The van der Waals surface area contributed by atoms with Crippen molar-refractivity contribution in [3.63, 3.8) is 0 Å². The first-order valence-corrected chi connectivity index (χ1v) is 8.54. The fraction of sp³-hybridized carbons (Fsp3) is 0.389. The predicted octanol–water partition coefficient (Wildman–Crippen LogP) is -2.54. The molecule has 2 aliphatic rings. The van der Waals surface area contributed by atoms with Crippen LogP contribution in [0.1, 0.15) is 28.9 Å². The Morgan fingerprint density at radius 3 is 2.44 bits per heavy atom. The molecule has 4 rings (SSSR count). The Hall–Kier alpha value is -2.27. The number of carboxylic acids is 1. The van der Waals surface area contributed by atoms with Gasteiger partial charge in [0.1, 0.15) is 0 Å². The second-order valence-corrected chi connectivity index (χ2v) is 6.37. The van der Waals surface area contributed by atoms with Gasteiger partial charge in [0, 0.05) is 50.2 Å². The van der Waals surface area contributed by atoms with Crippen molar-refractivity contribution in [2.75, 3.05) is 37.9 Å². The summed E-state index contributed by atoms with van der Waals surface area (Å²) >= 11 is 0. The number of piperazine rings is 1. The van der Waals surface area contributed by atoms with E-state index in [0.29, 0.717) is 5.95 Å². The molecule has 2 aliphatic heterocycles. The number of carboxylic acid groups (broad SMARTS) is 1. The third-order valence-corrected chi connectivity index (χ3v) is 4.90. The van der Waals surface area contributed by atoms with Crippen LogP contribution in [-0.2, 0) is 0 Å². The number of ether oxygens (including phenoxy) is 2. The Bertz CT molecular complexity index is 810. The van der Waals surface area contributed by atoms with E-state index in [0.717, 1.165) is 37.7 Å². The number of aromatic carboxylic acids is 1. The molecular weight excluding hydrogens is 343 g/mol. The minimum atomic E-state index is -1.26. The molecule has 27 heavy (non-hydrogen) atoms. The maximum Gasteiger partial charge on any atom is 1.00 e. The van der Waals surface area contributed by atoms with E-state index < -0.39 is 5.97 Å². The molecule has 3 heterocycles. The van der Waals surface area contributed by atoms with Gasteiger partial charge in [-0.2, -0.15) is 0 Å². The fourth-order valence-electron chi connectivity index (χ4n) is 3.28. The number of aromatic nitrogens is 2. The molecule has 1 atom stereocenters. The number of hydrogen-bond acceptors (Lipinski definition) is 8. The average Bonchev–Trinajstić information content (AvgIpc) is 3.15. The second kappa shape index (κ2) is 8.17. The van der Waals surface area contributed by atoms with Gasteiger partial charge in [-0.1, -0.05) is 6.07 Å². The quantitative estimate of drug-likeness (QED) is 0.550. The van der Waals surface area contributed by atoms with Crippen LogP contribution in [0.15, 0.2) is 30.6 Å². The summed E-state index contributed by atoms with van der Waals surface area (Å²) in [4.78, 5) is 23.5. The van der Waals surface area contributed by atoms with Crippen molar-refractivity contribution in [3.05, 3.63) is 41.7 Å². The van der Waals surface area contributed by atoms with Crippen LogP contribution in [0, 0.1) is 0 Å². The molecule has 0 bridgehead atoms. The number of fused-ring (bicyclic) bond motifs is 1. The van der Waals surface area contributed by atoms with E-state index in [9.17, 15) is 9.90 Å². The monoisotopic (exact) mass is 362 g/mol. The van der Waals surface area contributed by atoms with E-state index in [1.54, 1.807) is 0 Å². The number of carbonyl (C=O) groups excluding carboxylic acids is 1. The van der Waals surface area contributed by atoms with Crippen LogP contribution in [0.5, 0.6) is 11.5 Å². The third-order valence-electron chi connectivity index (χ3n) is 4.90. The zero-order chi connectivity index (χ0) is 18.1. The van der Waals surface area contributed by atoms with Crippen molar-refractivity contribution >= 4 is 11.9 Å². The molecule has 9 heteroatoms. The van der Waals surface area contributed by atoms with Crippen molar-refractivity contribution in [2.45, 2.75) is 13.0 Å². The Morgan fingerprint density at radius 1 is 1.11 bits per heavy atom. The SMILES string of the molecule is C[C@@H](c1ccc2c(c1)OCO2)N1CCN(c2ncc(C(=O)[O-])cn2)CC1.[Li+]. The number of anilines is 1. The summed E-state index contributed by atoms with van der Waals surface area (Å²) in [6, 6.07) is 6.33. The van der Waals surface area contributed by atoms with Crippen LogP contribution in [0.4, 0.5) is 5.95 Å². The van der Waals surface area contributed by atoms with Gasteiger partial charge < -0.3 is 24.3 Å². The van der Waals surface area contributed by atoms with Gasteiger partial charge in [0.2, 0.25) is 12.7 Å². The molecule has 2 aromatic rings. The molecule has 0 N–H and O–H groups in total. The van der Waals surface area contributed by atoms with Gasteiger partial charge in [0.15, 0.2) is 11.5 Å². The third kappa shape index (κ3) is 4.03. The van der Waals surface area contributed by atoms with E-state index in [1.807, 2.05) is 12.1 Å². The normalized spacial score (nSPS) is 17.3. The molecule has 0 aliphatic carbocycles. The van der Waals surface area contributed by atoms with Crippen LogP contribution >= 0.6 is 0 Å².